The highest BCUT2D eigenvalue weighted by Gasteiger charge is 2.53. The molecule has 19 N–H and O–H groups in total. The summed E-state index contributed by atoms with van der Waals surface area (Å²) in [5.74, 6) is -9.28. The SMILES string of the molecule is CC(=O)N[C@H]1[C@H](O[C@H]2[C@H](OC(C)C(=O)N[C@@H](C)C(=O)N[C@H](CCC(=O)NC(CCCC(N)C(N)=O)C(=O)N[C@H](C)C(=O)N[C@H](C)C(=O)O)C(N)=O)[C@@H](NC(C)=O)C(O)O[C@@H]2CO)O[C@H](CO)[C@@H](O)[C@@H]1O. The van der Waals surface area contributed by atoms with Crippen molar-refractivity contribution in [2.75, 3.05) is 13.2 Å². The van der Waals surface area contributed by atoms with Crippen LogP contribution in [-0.2, 0) is 66.9 Å². The fraction of sp³-hybridized carbons (Fsp3) is 0.750. The minimum absolute atomic E-state index is 0.00788. The molecule has 398 valence electrons. The molecule has 17 atom stereocenters. The second-order valence-corrected chi connectivity index (χ2v) is 16.8. The standard InChI is InChI=1S/C40H68N10O20/c1-14(34(60)46-16(3)38(64)65)45-37(63)22(9-7-8-20(41)32(42)58)49-25(55)11-10-21(33(43)59)50-35(61)15(2)44-36(62)17(4)67-31-27(48-19(6)54)39(66)68-24(13-52)30(31)70-40-26(47-18(5)53)29(57)28(56)23(12-51)69-40/h14-17,20-24,26-31,39-40,51-52,56-57,66H,7-13,41H2,1-6H3,(H2,42,58)(H2,43,59)(H,44,62)(H,45,63)(H,46,60)(H,47,53)(H,48,54)(H,49,55)(H,50,61)(H,64,65)/t14-,15+,16-,17?,20?,21-,22?,23-,24-,26-,27-,28-,29-,30-,31-,39?,40+/m1/s1. The van der Waals surface area contributed by atoms with E-state index in [1.54, 1.807) is 0 Å². The van der Waals surface area contributed by atoms with E-state index >= 15 is 0 Å². The Labute approximate surface area is 401 Å². The lowest BCUT2D eigenvalue weighted by Gasteiger charge is -2.48. The van der Waals surface area contributed by atoms with Gasteiger partial charge in [0, 0.05) is 20.3 Å². The summed E-state index contributed by atoms with van der Waals surface area (Å²) < 4.78 is 23.2. The number of ether oxygens (including phenoxy) is 4. The molecule has 2 fully saturated rings. The van der Waals surface area contributed by atoms with E-state index in [1.165, 1.54) is 27.7 Å². The Balaban J connectivity index is 2.21. The van der Waals surface area contributed by atoms with Crippen molar-refractivity contribution in [1.29, 1.82) is 0 Å². The van der Waals surface area contributed by atoms with Crippen LogP contribution in [0.1, 0.15) is 73.6 Å². The Morgan fingerprint density at radius 3 is 1.69 bits per heavy atom. The molecule has 2 heterocycles. The summed E-state index contributed by atoms with van der Waals surface area (Å²) in [5, 5.41) is 77.7. The summed E-state index contributed by atoms with van der Waals surface area (Å²) in [6, 6.07) is -11.0. The van der Waals surface area contributed by atoms with Crippen LogP contribution >= 0.6 is 0 Å². The third-order valence-electron chi connectivity index (χ3n) is 11.1. The van der Waals surface area contributed by atoms with Crippen LogP contribution in [0.3, 0.4) is 0 Å². The van der Waals surface area contributed by atoms with E-state index < -0.39 is 189 Å². The predicted octanol–water partition coefficient (Wildman–Crippen LogP) is -8.88. The van der Waals surface area contributed by atoms with Gasteiger partial charge >= 0.3 is 5.97 Å². The number of aliphatic hydroxyl groups excluding tert-OH is 5. The van der Waals surface area contributed by atoms with Crippen molar-refractivity contribution >= 4 is 59.1 Å². The maximum Gasteiger partial charge on any atom is 0.325 e. The zero-order chi connectivity index (χ0) is 53.3. The molecule has 2 rings (SSSR count). The van der Waals surface area contributed by atoms with Crippen LogP contribution in [0.4, 0.5) is 0 Å². The van der Waals surface area contributed by atoms with Gasteiger partial charge in [-0.2, -0.15) is 0 Å². The topological polar surface area (TPSA) is 491 Å². The van der Waals surface area contributed by atoms with Gasteiger partial charge in [-0.05, 0) is 53.4 Å². The predicted molar refractivity (Wildman–Crippen MR) is 234 cm³/mol. The third-order valence-corrected chi connectivity index (χ3v) is 11.1. The van der Waals surface area contributed by atoms with Gasteiger partial charge in [-0.25, -0.2) is 0 Å². The van der Waals surface area contributed by atoms with E-state index in [4.69, 9.17) is 41.3 Å². The van der Waals surface area contributed by atoms with Gasteiger partial charge < -0.3 is 104 Å². The zero-order valence-corrected chi connectivity index (χ0v) is 39.4. The molecule has 30 nitrogen and oxygen atoms in total. The van der Waals surface area contributed by atoms with E-state index in [1.807, 2.05) is 0 Å². The molecule has 0 aromatic carbocycles. The first kappa shape index (κ1) is 60.4. The van der Waals surface area contributed by atoms with Crippen LogP contribution in [0, 0.1) is 0 Å². The van der Waals surface area contributed by atoms with Crippen molar-refractivity contribution in [3.63, 3.8) is 0 Å². The molecule has 2 aliphatic rings. The van der Waals surface area contributed by atoms with Crippen LogP contribution in [0.5, 0.6) is 0 Å². The highest BCUT2D eigenvalue weighted by molar-refractivity contribution is 5.94. The molecular weight excluding hydrogens is 940 g/mol. The Morgan fingerprint density at radius 1 is 0.614 bits per heavy atom. The second kappa shape index (κ2) is 28.2. The van der Waals surface area contributed by atoms with E-state index in [-0.39, 0.29) is 19.3 Å². The summed E-state index contributed by atoms with van der Waals surface area (Å²) >= 11 is 0. The average molecular weight is 1010 g/mol. The maximum absolute atomic E-state index is 13.5. The number of primary amides is 2. The van der Waals surface area contributed by atoms with Crippen LogP contribution in [-0.4, -0.2) is 207 Å². The molecular formula is C40H68N10O20. The quantitative estimate of drug-likeness (QED) is 0.0363. The summed E-state index contributed by atoms with van der Waals surface area (Å²) in [5.41, 5.74) is 16.4. The first-order chi connectivity index (χ1) is 32.6. The lowest BCUT2D eigenvalue weighted by molar-refractivity contribution is -0.333. The van der Waals surface area contributed by atoms with E-state index in [0.717, 1.165) is 13.8 Å². The molecule has 0 aromatic rings. The Kier molecular flexibility index (Phi) is 24.4. The van der Waals surface area contributed by atoms with Crippen molar-refractivity contribution in [2.24, 2.45) is 17.2 Å². The number of carboxylic acids is 1. The Hall–Kier alpha value is -5.70. The summed E-state index contributed by atoms with van der Waals surface area (Å²) in [6.45, 7) is 5.29. The van der Waals surface area contributed by atoms with E-state index in [0.29, 0.717) is 0 Å². The molecule has 0 bridgehead atoms. The van der Waals surface area contributed by atoms with Gasteiger partial charge in [-0.1, -0.05) is 0 Å². The molecule has 0 aliphatic carbocycles. The van der Waals surface area contributed by atoms with Gasteiger partial charge in [0.1, 0.15) is 85.0 Å². The number of rotatable bonds is 27. The smallest absolute Gasteiger partial charge is 0.325 e. The minimum atomic E-state index is -1.90. The van der Waals surface area contributed by atoms with Gasteiger partial charge in [-0.15, -0.1) is 0 Å². The number of nitrogens with two attached hydrogens (primary N) is 3. The number of carboxylic acid groups (broad SMARTS) is 1. The monoisotopic (exact) mass is 1010 g/mol. The van der Waals surface area contributed by atoms with Gasteiger partial charge in [0.05, 0.1) is 19.3 Å². The first-order valence-corrected chi connectivity index (χ1v) is 22.1. The molecule has 0 spiro atoms. The molecule has 30 heteroatoms. The molecule has 2 aliphatic heterocycles. The molecule has 0 saturated carbocycles. The highest BCUT2D eigenvalue weighted by atomic mass is 16.7. The largest absolute Gasteiger partial charge is 0.480 e. The van der Waals surface area contributed by atoms with Crippen LogP contribution in [0.25, 0.3) is 0 Å². The van der Waals surface area contributed by atoms with Crippen molar-refractivity contribution in [3.8, 4) is 0 Å². The maximum atomic E-state index is 13.5. The number of aliphatic hydroxyl groups is 5. The molecule has 70 heavy (non-hydrogen) atoms. The fourth-order valence-electron chi connectivity index (χ4n) is 7.07. The molecule has 0 radical (unpaired) electrons. The number of aliphatic carboxylic acids is 1. The van der Waals surface area contributed by atoms with Gasteiger partial charge in [-0.3, -0.25) is 47.9 Å². The molecule has 0 aromatic heterocycles. The summed E-state index contributed by atoms with van der Waals surface area (Å²) in [6.07, 6.45) is -15.9. The van der Waals surface area contributed by atoms with Gasteiger partial charge in [0.15, 0.2) is 12.6 Å². The Bertz CT molecular complexity index is 1870. The highest BCUT2D eigenvalue weighted by Crippen LogP contribution is 2.31. The number of carbonyl (C=O) groups is 10. The number of carbonyl (C=O) groups excluding carboxylic acids is 9. The van der Waals surface area contributed by atoms with Gasteiger partial charge in [0.25, 0.3) is 0 Å². The molecule has 2 saturated heterocycles. The summed E-state index contributed by atoms with van der Waals surface area (Å²) in [7, 11) is 0. The normalized spacial score (nSPS) is 27.3. The lowest BCUT2D eigenvalue weighted by atomic mass is 9.94. The molecule has 9 amide bonds. The van der Waals surface area contributed by atoms with Crippen molar-refractivity contribution in [1.82, 2.24) is 37.2 Å². The van der Waals surface area contributed by atoms with Crippen molar-refractivity contribution < 1.29 is 97.5 Å². The van der Waals surface area contributed by atoms with E-state index in [2.05, 4.69) is 37.2 Å². The van der Waals surface area contributed by atoms with Crippen molar-refractivity contribution in [2.45, 2.75) is 177 Å². The zero-order valence-electron chi connectivity index (χ0n) is 39.4. The lowest BCUT2D eigenvalue weighted by Crippen LogP contribution is -2.70. The average Bonchev–Trinajstić information content (AvgIpc) is 3.27. The number of amides is 9. The van der Waals surface area contributed by atoms with E-state index in [9.17, 15) is 73.5 Å². The number of nitrogens with one attached hydrogen (secondary N) is 7. The van der Waals surface area contributed by atoms with Gasteiger partial charge in [0.2, 0.25) is 53.2 Å². The molecule has 4 unspecified atom stereocenters. The minimum Gasteiger partial charge on any atom is -0.480 e. The second-order valence-electron chi connectivity index (χ2n) is 16.8. The van der Waals surface area contributed by atoms with Crippen LogP contribution < -0.4 is 54.4 Å². The summed E-state index contributed by atoms with van der Waals surface area (Å²) in [4.78, 5) is 125. The number of hydrogen-bond donors (Lipinski definition) is 16. The number of hydrogen-bond acceptors (Lipinski definition) is 20. The fourth-order valence-corrected chi connectivity index (χ4v) is 7.07. The van der Waals surface area contributed by atoms with Crippen LogP contribution in [0.2, 0.25) is 0 Å². The third kappa shape index (κ3) is 18.2. The first-order valence-electron chi connectivity index (χ1n) is 22.1. The Morgan fingerprint density at radius 2 is 1.16 bits per heavy atom. The van der Waals surface area contributed by atoms with Crippen LogP contribution in [0.15, 0.2) is 0 Å². The van der Waals surface area contributed by atoms with Crippen molar-refractivity contribution in [3.05, 3.63) is 0 Å².